The number of hydrogen-bond donors (Lipinski definition) is 0. The van der Waals surface area contributed by atoms with Crippen molar-refractivity contribution < 1.29 is 12.6 Å². The van der Waals surface area contributed by atoms with Gasteiger partial charge >= 0.3 is 0 Å². The van der Waals surface area contributed by atoms with E-state index in [2.05, 4.69) is 6.92 Å². The molecule has 0 aromatic carbocycles. The highest BCUT2D eigenvalue weighted by molar-refractivity contribution is 7.86. The zero-order valence-electron chi connectivity index (χ0n) is 12.7. The van der Waals surface area contributed by atoms with Crippen LogP contribution in [0.4, 0.5) is 0 Å². The van der Waals surface area contributed by atoms with E-state index in [-0.39, 0.29) is 5.75 Å². The lowest BCUT2D eigenvalue weighted by Gasteiger charge is -2.02. The van der Waals surface area contributed by atoms with Gasteiger partial charge in [0.05, 0.1) is 12.4 Å². The van der Waals surface area contributed by atoms with E-state index in [1.54, 1.807) is 6.92 Å². The quantitative estimate of drug-likeness (QED) is 0.481. The minimum Gasteiger partial charge on any atom is -0.312 e. The topological polar surface area (TPSA) is 46.6 Å². The Bertz CT molecular complexity index is 248. The molecule has 0 N–H and O–H groups in total. The van der Waals surface area contributed by atoms with Crippen LogP contribution in [0.25, 0.3) is 0 Å². The summed E-state index contributed by atoms with van der Waals surface area (Å²) < 4.78 is 26.6. The first-order valence-electron chi connectivity index (χ1n) is 6.83. The standard InChI is InChI=1S/C10H22O3S.C3H9N/c1-3-5-6-7-8-9-10-13-14(11,12)4-2;1-4(2)3/h3-10H2,1-2H3;1-3H3. The van der Waals surface area contributed by atoms with E-state index in [1.807, 2.05) is 26.0 Å². The van der Waals surface area contributed by atoms with Crippen molar-refractivity contribution in [2.24, 2.45) is 0 Å². The SMILES string of the molecule is CCCCCCCCOS(=O)(=O)CC.CN(C)C. The van der Waals surface area contributed by atoms with E-state index in [4.69, 9.17) is 4.18 Å². The lowest BCUT2D eigenvalue weighted by Crippen LogP contribution is -2.09. The molecule has 0 saturated carbocycles. The molecule has 4 nitrogen and oxygen atoms in total. The molecule has 0 bridgehead atoms. The fourth-order valence-corrected chi connectivity index (χ4v) is 1.69. The fourth-order valence-electron chi connectivity index (χ4n) is 1.15. The molecule has 0 aromatic heterocycles. The molecule has 0 radical (unpaired) electrons. The Morgan fingerprint density at radius 3 is 1.78 bits per heavy atom. The predicted octanol–water partition coefficient (Wildman–Crippen LogP) is 2.89. The van der Waals surface area contributed by atoms with Crippen LogP contribution in [0, 0.1) is 0 Å². The molecule has 0 heterocycles. The van der Waals surface area contributed by atoms with Crippen LogP contribution in [0.1, 0.15) is 52.4 Å². The van der Waals surface area contributed by atoms with Crippen LogP contribution < -0.4 is 0 Å². The molecule has 0 fully saturated rings. The van der Waals surface area contributed by atoms with E-state index >= 15 is 0 Å². The Balaban J connectivity index is 0. The van der Waals surface area contributed by atoms with Gasteiger partial charge in [-0.25, -0.2) is 0 Å². The van der Waals surface area contributed by atoms with Crippen molar-refractivity contribution in [3.63, 3.8) is 0 Å². The minimum absolute atomic E-state index is 0.0723. The number of unbranched alkanes of at least 4 members (excludes halogenated alkanes) is 5. The predicted molar refractivity (Wildman–Crippen MR) is 78.4 cm³/mol. The third-order valence-corrected chi connectivity index (χ3v) is 3.35. The van der Waals surface area contributed by atoms with Crippen molar-refractivity contribution in [1.29, 1.82) is 0 Å². The number of nitrogens with zero attached hydrogens (tertiary/aromatic N) is 1. The maximum Gasteiger partial charge on any atom is 0.267 e. The monoisotopic (exact) mass is 281 g/mol. The van der Waals surface area contributed by atoms with Crippen LogP contribution in [-0.4, -0.2) is 46.8 Å². The average molecular weight is 281 g/mol. The van der Waals surface area contributed by atoms with Crippen molar-refractivity contribution in [1.82, 2.24) is 4.90 Å². The molecular weight excluding hydrogens is 250 g/mol. The van der Waals surface area contributed by atoms with Crippen LogP contribution in [0.2, 0.25) is 0 Å². The lowest BCUT2D eigenvalue weighted by molar-refractivity contribution is 0.307. The second-order valence-electron chi connectivity index (χ2n) is 4.78. The van der Waals surface area contributed by atoms with Crippen LogP contribution in [0.15, 0.2) is 0 Å². The second kappa shape index (κ2) is 13.3. The summed E-state index contributed by atoms with van der Waals surface area (Å²) in [6, 6.07) is 0. The van der Waals surface area contributed by atoms with Gasteiger partial charge in [0.25, 0.3) is 10.1 Å². The zero-order chi connectivity index (χ0) is 14.4. The maximum atomic E-state index is 10.9. The highest BCUT2D eigenvalue weighted by Gasteiger charge is 2.05. The minimum atomic E-state index is -3.22. The van der Waals surface area contributed by atoms with E-state index < -0.39 is 10.1 Å². The molecule has 0 spiro atoms. The molecule has 0 rings (SSSR count). The Morgan fingerprint density at radius 1 is 0.889 bits per heavy atom. The van der Waals surface area contributed by atoms with E-state index in [9.17, 15) is 8.42 Å². The van der Waals surface area contributed by atoms with E-state index in [1.165, 1.54) is 25.7 Å². The Kier molecular flexibility index (Phi) is 14.9. The number of hydrogen-bond acceptors (Lipinski definition) is 4. The van der Waals surface area contributed by atoms with Crippen LogP contribution >= 0.6 is 0 Å². The lowest BCUT2D eigenvalue weighted by atomic mass is 10.1. The van der Waals surface area contributed by atoms with Gasteiger partial charge in [0.2, 0.25) is 0 Å². The Labute approximate surface area is 114 Å². The molecule has 5 heteroatoms. The molecule has 0 atom stereocenters. The average Bonchev–Trinajstić information content (AvgIpc) is 2.27. The molecule has 0 amide bonds. The molecular formula is C13H31NO3S. The van der Waals surface area contributed by atoms with Gasteiger partial charge < -0.3 is 4.90 Å². The van der Waals surface area contributed by atoms with Crippen molar-refractivity contribution >= 4 is 10.1 Å². The van der Waals surface area contributed by atoms with Gasteiger partial charge in [-0.05, 0) is 34.5 Å². The van der Waals surface area contributed by atoms with Crippen molar-refractivity contribution in [2.45, 2.75) is 52.4 Å². The van der Waals surface area contributed by atoms with Crippen molar-refractivity contribution in [2.75, 3.05) is 33.5 Å². The maximum absolute atomic E-state index is 10.9. The smallest absolute Gasteiger partial charge is 0.267 e. The summed E-state index contributed by atoms with van der Waals surface area (Å²) in [7, 11) is 2.78. The normalized spacial score (nSPS) is 11.2. The Morgan fingerprint density at radius 2 is 1.33 bits per heavy atom. The molecule has 0 saturated heterocycles. The van der Waals surface area contributed by atoms with Gasteiger partial charge in [0.15, 0.2) is 0 Å². The summed E-state index contributed by atoms with van der Waals surface area (Å²) in [5, 5.41) is 0. The largest absolute Gasteiger partial charge is 0.312 e. The van der Waals surface area contributed by atoms with Crippen LogP contribution in [0.3, 0.4) is 0 Å². The van der Waals surface area contributed by atoms with Gasteiger partial charge in [-0.1, -0.05) is 39.0 Å². The van der Waals surface area contributed by atoms with Crippen LogP contribution in [-0.2, 0) is 14.3 Å². The summed E-state index contributed by atoms with van der Waals surface area (Å²) in [6.07, 6.45) is 6.86. The van der Waals surface area contributed by atoms with Gasteiger partial charge in [0, 0.05) is 0 Å². The van der Waals surface area contributed by atoms with Gasteiger partial charge in [0.1, 0.15) is 0 Å². The molecule has 0 aliphatic carbocycles. The molecule has 112 valence electrons. The van der Waals surface area contributed by atoms with E-state index in [0.29, 0.717) is 6.61 Å². The molecule has 0 aliphatic rings. The highest BCUT2D eigenvalue weighted by Crippen LogP contribution is 2.05. The van der Waals surface area contributed by atoms with Gasteiger partial charge in [-0.3, -0.25) is 4.18 Å². The highest BCUT2D eigenvalue weighted by atomic mass is 32.2. The zero-order valence-corrected chi connectivity index (χ0v) is 13.6. The number of rotatable bonds is 9. The first kappa shape index (κ1) is 20.2. The second-order valence-corrected chi connectivity index (χ2v) is 6.71. The summed E-state index contributed by atoms with van der Waals surface area (Å²) in [5.41, 5.74) is 0. The summed E-state index contributed by atoms with van der Waals surface area (Å²) in [6.45, 7) is 4.12. The molecule has 18 heavy (non-hydrogen) atoms. The summed E-state index contributed by atoms with van der Waals surface area (Å²) >= 11 is 0. The fraction of sp³-hybridized carbons (Fsp3) is 1.00. The van der Waals surface area contributed by atoms with Gasteiger partial charge in [-0.15, -0.1) is 0 Å². The molecule has 0 aromatic rings. The van der Waals surface area contributed by atoms with Crippen LogP contribution in [0.5, 0.6) is 0 Å². The molecule has 0 unspecified atom stereocenters. The first-order valence-corrected chi connectivity index (χ1v) is 8.41. The van der Waals surface area contributed by atoms with Gasteiger partial charge in [-0.2, -0.15) is 8.42 Å². The first-order chi connectivity index (χ1) is 8.35. The van der Waals surface area contributed by atoms with E-state index in [0.717, 1.165) is 12.8 Å². The third-order valence-electron chi connectivity index (χ3n) is 2.11. The summed E-state index contributed by atoms with van der Waals surface area (Å²) in [4.78, 5) is 2.00. The Hall–Kier alpha value is -0.130. The van der Waals surface area contributed by atoms with Crippen molar-refractivity contribution in [3.8, 4) is 0 Å². The molecule has 0 aliphatic heterocycles. The summed E-state index contributed by atoms with van der Waals surface area (Å²) in [5.74, 6) is 0.0723. The van der Waals surface area contributed by atoms with Crippen molar-refractivity contribution in [3.05, 3.63) is 0 Å². The third kappa shape index (κ3) is 21.2.